The van der Waals surface area contributed by atoms with Crippen molar-refractivity contribution >= 4 is 29.5 Å². The van der Waals surface area contributed by atoms with Crippen molar-refractivity contribution in [1.82, 2.24) is 10.2 Å². The van der Waals surface area contributed by atoms with Gasteiger partial charge in [-0.05, 0) is 50.3 Å². The predicted octanol–water partition coefficient (Wildman–Crippen LogP) is 2.37. The zero-order chi connectivity index (χ0) is 21.2. The maximum Gasteiger partial charge on any atom is 0.327 e. The molecule has 1 heterocycles. The molecule has 2 aliphatic rings. The summed E-state index contributed by atoms with van der Waals surface area (Å²) in [5.74, 6) is -1.67. The summed E-state index contributed by atoms with van der Waals surface area (Å²) in [5, 5.41) is 5.46. The first-order valence-corrected chi connectivity index (χ1v) is 9.94. The van der Waals surface area contributed by atoms with E-state index in [2.05, 4.69) is 10.6 Å². The number of carbonyl (C=O) groups is 4. The van der Waals surface area contributed by atoms with E-state index in [4.69, 9.17) is 4.74 Å². The monoisotopic (exact) mass is 401 g/mol. The maximum atomic E-state index is 12.9. The number of imide groups is 1. The van der Waals surface area contributed by atoms with Crippen molar-refractivity contribution in [2.24, 2.45) is 5.92 Å². The molecule has 8 nitrogen and oxygen atoms in total. The second kappa shape index (κ2) is 8.23. The van der Waals surface area contributed by atoms with Gasteiger partial charge in [-0.3, -0.25) is 19.3 Å². The molecular weight excluding hydrogens is 374 g/mol. The maximum absolute atomic E-state index is 12.9. The second-order valence-electron chi connectivity index (χ2n) is 7.93. The van der Waals surface area contributed by atoms with Crippen LogP contribution in [0.15, 0.2) is 24.3 Å². The Labute approximate surface area is 170 Å². The van der Waals surface area contributed by atoms with Crippen LogP contribution in [0.1, 0.15) is 45.1 Å². The molecule has 2 fully saturated rings. The van der Waals surface area contributed by atoms with Crippen LogP contribution < -0.4 is 10.6 Å². The van der Waals surface area contributed by atoms with Gasteiger partial charge in [0, 0.05) is 5.69 Å². The summed E-state index contributed by atoms with van der Waals surface area (Å²) < 4.78 is 5.15. The highest BCUT2D eigenvalue weighted by Crippen LogP contribution is 2.38. The molecule has 0 bridgehead atoms. The van der Waals surface area contributed by atoms with Crippen molar-refractivity contribution < 1.29 is 23.9 Å². The van der Waals surface area contributed by atoms with Gasteiger partial charge in [0.05, 0.1) is 0 Å². The number of amides is 4. The number of nitrogens with one attached hydrogen (secondary N) is 2. The second-order valence-corrected chi connectivity index (χ2v) is 7.93. The molecule has 1 aromatic rings. The molecule has 0 unspecified atom stereocenters. The molecule has 29 heavy (non-hydrogen) atoms. The minimum atomic E-state index is -1.06. The summed E-state index contributed by atoms with van der Waals surface area (Å²) in [6.45, 7) is 4.77. The molecule has 3 rings (SSSR count). The number of benzene rings is 1. The van der Waals surface area contributed by atoms with Gasteiger partial charge in [0.1, 0.15) is 12.1 Å². The molecule has 0 radical (unpaired) electrons. The Kier molecular flexibility index (Phi) is 5.91. The topological polar surface area (TPSA) is 105 Å². The van der Waals surface area contributed by atoms with Crippen molar-refractivity contribution in [3.05, 3.63) is 29.8 Å². The van der Waals surface area contributed by atoms with Crippen molar-refractivity contribution in [3.63, 3.8) is 0 Å². The Morgan fingerprint density at radius 1 is 1.34 bits per heavy atom. The van der Waals surface area contributed by atoms with Crippen LogP contribution >= 0.6 is 0 Å². The van der Waals surface area contributed by atoms with E-state index in [0.717, 1.165) is 29.7 Å². The molecule has 3 atom stereocenters. The highest BCUT2D eigenvalue weighted by Gasteiger charge is 2.55. The van der Waals surface area contributed by atoms with E-state index in [1.807, 2.05) is 19.9 Å². The minimum Gasteiger partial charge on any atom is -0.451 e. The number of anilines is 1. The molecule has 1 aliphatic carbocycles. The third-order valence-electron chi connectivity index (χ3n) is 5.75. The summed E-state index contributed by atoms with van der Waals surface area (Å²) in [6.07, 6.45) is 2.22. The predicted molar refractivity (Wildman–Crippen MR) is 106 cm³/mol. The first-order valence-electron chi connectivity index (χ1n) is 9.94. The van der Waals surface area contributed by atoms with Crippen LogP contribution in [0.2, 0.25) is 0 Å². The van der Waals surface area contributed by atoms with Crippen LogP contribution in [0.25, 0.3) is 0 Å². The number of hydrogen-bond donors (Lipinski definition) is 2. The fourth-order valence-corrected chi connectivity index (χ4v) is 4.02. The molecule has 2 N–H and O–H groups in total. The van der Waals surface area contributed by atoms with Gasteiger partial charge in [-0.1, -0.05) is 31.9 Å². The van der Waals surface area contributed by atoms with E-state index in [-0.39, 0.29) is 11.8 Å². The van der Waals surface area contributed by atoms with E-state index >= 15 is 0 Å². The lowest BCUT2D eigenvalue weighted by molar-refractivity contribution is -0.155. The average molecular weight is 401 g/mol. The number of aryl methyl sites for hydroxylation is 1. The quantitative estimate of drug-likeness (QED) is 0.582. The zero-order valence-electron chi connectivity index (χ0n) is 17.0. The van der Waals surface area contributed by atoms with Gasteiger partial charge >= 0.3 is 12.0 Å². The van der Waals surface area contributed by atoms with Gasteiger partial charge in [0.15, 0.2) is 6.10 Å². The van der Waals surface area contributed by atoms with E-state index in [0.29, 0.717) is 12.1 Å². The molecule has 0 aromatic heterocycles. The molecule has 4 amide bonds. The molecular formula is C21H27N3O5. The van der Waals surface area contributed by atoms with E-state index in [1.165, 1.54) is 6.92 Å². The number of ether oxygens (including phenoxy) is 1. The van der Waals surface area contributed by atoms with Crippen LogP contribution in [0, 0.1) is 12.8 Å². The Morgan fingerprint density at radius 3 is 2.79 bits per heavy atom. The van der Waals surface area contributed by atoms with Gasteiger partial charge in [-0.2, -0.15) is 0 Å². The fraction of sp³-hybridized carbons (Fsp3) is 0.524. The lowest BCUT2D eigenvalue weighted by atomic mass is 9.73. The smallest absolute Gasteiger partial charge is 0.327 e. The number of esters is 1. The van der Waals surface area contributed by atoms with E-state index in [9.17, 15) is 19.2 Å². The van der Waals surface area contributed by atoms with Gasteiger partial charge in [0.25, 0.3) is 11.8 Å². The highest BCUT2D eigenvalue weighted by molar-refractivity contribution is 6.09. The Morgan fingerprint density at radius 2 is 2.10 bits per heavy atom. The van der Waals surface area contributed by atoms with Crippen molar-refractivity contribution in [1.29, 1.82) is 0 Å². The lowest BCUT2D eigenvalue weighted by Gasteiger charge is -2.36. The van der Waals surface area contributed by atoms with Gasteiger partial charge in [0.2, 0.25) is 0 Å². The zero-order valence-corrected chi connectivity index (χ0v) is 17.0. The normalized spacial score (nSPS) is 24.9. The summed E-state index contributed by atoms with van der Waals surface area (Å²) in [4.78, 5) is 50.7. The average Bonchev–Trinajstić information content (AvgIpc) is 2.89. The number of urea groups is 1. The highest BCUT2D eigenvalue weighted by atomic mass is 16.5. The van der Waals surface area contributed by atoms with Crippen LogP contribution in [-0.4, -0.2) is 46.9 Å². The fourth-order valence-electron chi connectivity index (χ4n) is 4.02. The molecule has 1 aliphatic heterocycles. The molecule has 8 heteroatoms. The summed E-state index contributed by atoms with van der Waals surface area (Å²) >= 11 is 0. The van der Waals surface area contributed by atoms with Crippen molar-refractivity contribution in [3.8, 4) is 0 Å². The number of nitrogens with zero attached hydrogens (tertiary/aromatic N) is 1. The largest absolute Gasteiger partial charge is 0.451 e. The Hall–Kier alpha value is -2.90. The lowest BCUT2D eigenvalue weighted by Crippen LogP contribution is -2.54. The summed E-state index contributed by atoms with van der Waals surface area (Å²) in [5.41, 5.74) is 0.654. The van der Waals surface area contributed by atoms with Crippen LogP contribution in [0.3, 0.4) is 0 Å². The molecule has 1 aromatic carbocycles. The third-order valence-corrected chi connectivity index (χ3v) is 5.75. The Bertz CT molecular complexity index is 839. The SMILES string of the molecule is Cc1cccc(NC(=O)[C@@H](C)OC(=O)CN2C(=O)N[C@@]3(CCCC[C@@H]3C)C2=O)c1. The summed E-state index contributed by atoms with van der Waals surface area (Å²) in [7, 11) is 0. The van der Waals surface area contributed by atoms with Gasteiger partial charge in [-0.25, -0.2) is 4.79 Å². The van der Waals surface area contributed by atoms with Crippen LogP contribution in [0.4, 0.5) is 10.5 Å². The molecule has 156 valence electrons. The third kappa shape index (κ3) is 4.26. The first-order chi connectivity index (χ1) is 13.7. The number of rotatable bonds is 5. The standard InChI is InChI=1S/C21H27N3O5/c1-13-7-6-9-16(11-13)22-18(26)15(3)29-17(25)12-24-19(27)21(23-20(24)28)10-5-4-8-14(21)2/h6-7,9,11,14-15H,4-5,8,10,12H2,1-3H3,(H,22,26)(H,23,28)/t14-,15+,21+/m0/s1. The molecule has 1 spiro atoms. The minimum absolute atomic E-state index is 0.00718. The van der Waals surface area contributed by atoms with Gasteiger partial charge < -0.3 is 15.4 Å². The van der Waals surface area contributed by atoms with Crippen molar-refractivity contribution in [2.75, 3.05) is 11.9 Å². The molecule has 1 saturated carbocycles. The first kappa shape index (κ1) is 20.8. The van der Waals surface area contributed by atoms with Crippen molar-refractivity contribution in [2.45, 2.75) is 58.1 Å². The summed E-state index contributed by atoms with van der Waals surface area (Å²) in [6, 6.07) is 6.65. The van der Waals surface area contributed by atoms with E-state index in [1.54, 1.807) is 18.2 Å². The number of carbonyl (C=O) groups excluding carboxylic acids is 4. The van der Waals surface area contributed by atoms with Gasteiger partial charge in [-0.15, -0.1) is 0 Å². The number of hydrogen-bond acceptors (Lipinski definition) is 5. The Balaban J connectivity index is 1.58. The van der Waals surface area contributed by atoms with Crippen LogP contribution in [0.5, 0.6) is 0 Å². The molecule has 1 saturated heterocycles. The van der Waals surface area contributed by atoms with Crippen LogP contribution in [-0.2, 0) is 19.1 Å². The van der Waals surface area contributed by atoms with E-state index < -0.39 is 36.1 Å².